The summed E-state index contributed by atoms with van der Waals surface area (Å²) in [7, 11) is 0. The topological polar surface area (TPSA) is 55.4 Å². The fourth-order valence-corrected chi connectivity index (χ4v) is 2.43. The van der Waals surface area contributed by atoms with Gasteiger partial charge >= 0.3 is 5.97 Å². The second kappa shape index (κ2) is 8.39. The molecule has 0 fully saturated rings. The van der Waals surface area contributed by atoms with Crippen LogP contribution in [0.5, 0.6) is 0 Å². The third kappa shape index (κ3) is 5.31. The van der Waals surface area contributed by atoms with Gasteiger partial charge in [-0.2, -0.15) is 8.78 Å². The summed E-state index contributed by atoms with van der Waals surface area (Å²) in [6.45, 7) is -0.622. The molecule has 0 aliphatic heterocycles. The second-order valence-electron chi connectivity index (χ2n) is 4.51. The van der Waals surface area contributed by atoms with Crippen molar-refractivity contribution in [1.82, 2.24) is 0 Å². The molecule has 0 atom stereocenters. The number of alkyl halides is 2. The number of nitrogens with one attached hydrogen (secondary N) is 1. The smallest absolute Gasteiger partial charge is 0.339 e. The maximum absolute atomic E-state index is 13.0. The molecule has 0 aliphatic rings. The van der Waals surface area contributed by atoms with Crippen LogP contribution in [-0.4, -0.2) is 24.2 Å². The molecule has 24 heavy (non-hydrogen) atoms. The highest BCUT2D eigenvalue weighted by molar-refractivity contribution is 7.99. The van der Waals surface area contributed by atoms with E-state index >= 15 is 0 Å². The molecular formula is C16H12F3NO3S. The minimum Gasteiger partial charge on any atom is -0.452 e. The molecular weight excluding hydrogens is 343 g/mol. The molecule has 0 aromatic heterocycles. The summed E-state index contributed by atoms with van der Waals surface area (Å²) >= 11 is 0.215. The fraction of sp³-hybridized carbons (Fsp3) is 0.125. The van der Waals surface area contributed by atoms with Crippen molar-refractivity contribution < 1.29 is 27.5 Å². The first-order valence-corrected chi connectivity index (χ1v) is 7.60. The molecule has 0 bridgehead atoms. The molecule has 0 unspecified atom stereocenters. The first kappa shape index (κ1) is 17.9. The Morgan fingerprint density at radius 2 is 1.88 bits per heavy atom. The zero-order valence-electron chi connectivity index (χ0n) is 12.2. The van der Waals surface area contributed by atoms with E-state index in [1.807, 2.05) is 0 Å². The monoisotopic (exact) mass is 355 g/mol. The normalized spacial score (nSPS) is 10.5. The minimum absolute atomic E-state index is 0.0543. The second-order valence-corrected chi connectivity index (χ2v) is 5.54. The number of anilines is 1. The van der Waals surface area contributed by atoms with Crippen molar-refractivity contribution >= 4 is 29.3 Å². The van der Waals surface area contributed by atoms with Crippen LogP contribution in [0.2, 0.25) is 0 Å². The van der Waals surface area contributed by atoms with Gasteiger partial charge in [0.2, 0.25) is 0 Å². The van der Waals surface area contributed by atoms with Crippen LogP contribution in [0, 0.1) is 5.82 Å². The van der Waals surface area contributed by atoms with Crippen molar-refractivity contribution in [2.75, 3.05) is 11.9 Å². The van der Waals surface area contributed by atoms with Crippen molar-refractivity contribution in [3.63, 3.8) is 0 Å². The van der Waals surface area contributed by atoms with Gasteiger partial charge in [-0.3, -0.25) is 4.79 Å². The summed E-state index contributed by atoms with van der Waals surface area (Å²) in [6.07, 6.45) is 0. The Bertz CT molecular complexity index is 740. The van der Waals surface area contributed by atoms with E-state index in [0.29, 0.717) is 0 Å². The number of carbonyl (C=O) groups excluding carboxylic acids is 2. The van der Waals surface area contributed by atoms with Crippen LogP contribution in [0.25, 0.3) is 0 Å². The van der Waals surface area contributed by atoms with Gasteiger partial charge in [-0.25, -0.2) is 9.18 Å². The summed E-state index contributed by atoms with van der Waals surface area (Å²) in [5.41, 5.74) is 0.158. The van der Waals surface area contributed by atoms with Gasteiger partial charge < -0.3 is 10.1 Å². The molecule has 0 radical (unpaired) electrons. The van der Waals surface area contributed by atoms with Crippen molar-refractivity contribution in [3.05, 3.63) is 59.9 Å². The Morgan fingerprint density at radius 3 is 2.58 bits per heavy atom. The summed E-state index contributed by atoms with van der Waals surface area (Å²) in [6, 6.07) is 10.9. The quantitative estimate of drug-likeness (QED) is 0.630. The molecule has 4 nitrogen and oxygen atoms in total. The summed E-state index contributed by atoms with van der Waals surface area (Å²) in [5.74, 6) is -4.78. The molecule has 1 amide bonds. The Labute approximate surface area is 140 Å². The number of esters is 1. The van der Waals surface area contributed by atoms with Gasteiger partial charge in [0.1, 0.15) is 5.82 Å². The zero-order chi connectivity index (χ0) is 17.5. The van der Waals surface area contributed by atoms with E-state index in [9.17, 15) is 22.8 Å². The molecule has 0 saturated carbocycles. The molecule has 0 saturated heterocycles. The van der Waals surface area contributed by atoms with Gasteiger partial charge in [-0.05, 0) is 30.3 Å². The van der Waals surface area contributed by atoms with E-state index in [-0.39, 0.29) is 27.9 Å². The van der Waals surface area contributed by atoms with Gasteiger partial charge in [0.05, 0.1) is 5.56 Å². The van der Waals surface area contributed by atoms with Crippen molar-refractivity contribution in [2.24, 2.45) is 0 Å². The lowest BCUT2D eigenvalue weighted by Crippen LogP contribution is -2.21. The minimum atomic E-state index is -2.68. The zero-order valence-corrected chi connectivity index (χ0v) is 13.0. The Balaban J connectivity index is 1.94. The van der Waals surface area contributed by atoms with Crippen LogP contribution >= 0.6 is 11.8 Å². The molecule has 2 aromatic rings. The third-order valence-electron chi connectivity index (χ3n) is 2.77. The van der Waals surface area contributed by atoms with Gasteiger partial charge in [0.25, 0.3) is 11.7 Å². The molecule has 8 heteroatoms. The number of ether oxygens (including phenoxy) is 1. The van der Waals surface area contributed by atoms with Crippen molar-refractivity contribution in [1.29, 1.82) is 0 Å². The van der Waals surface area contributed by atoms with E-state index < -0.39 is 30.1 Å². The van der Waals surface area contributed by atoms with Gasteiger partial charge in [0.15, 0.2) is 6.61 Å². The van der Waals surface area contributed by atoms with Crippen molar-refractivity contribution in [3.8, 4) is 0 Å². The average Bonchev–Trinajstić information content (AvgIpc) is 2.52. The van der Waals surface area contributed by atoms with E-state index in [1.165, 1.54) is 42.5 Å². The predicted molar refractivity (Wildman–Crippen MR) is 83.6 cm³/mol. The third-order valence-corrected chi connectivity index (χ3v) is 3.55. The lowest BCUT2D eigenvalue weighted by molar-refractivity contribution is -0.119. The summed E-state index contributed by atoms with van der Waals surface area (Å²) in [5, 5.41) is 2.36. The van der Waals surface area contributed by atoms with E-state index in [4.69, 9.17) is 4.74 Å². The number of hydrogen-bond acceptors (Lipinski definition) is 4. The Morgan fingerprint density at radius 1 is 1.12 bits per heavy atom. The number of amides is 1. The van der Waals surface area contributed by atoms with Crippen LogP contribution in [-0.2, 0) is 9.53 Å². The fourth-order valence-electron chi connectivity index (χ4n) is 1.81. The molecule has 1 N–H and O–H groups in total. The maximum Gasteiger partial charge on any atom is 0.339 e. The molecule has 0 spiro atoms. The van der Waals surface area contributed by atoms with Crippen LogP contribution in [0.15, 0.2) is 53.4 Å². The Hall–Kier alpha value is -2.48. The number of carbonyl (C=O) groups is 2. The van der Waals surface area contributed by atoms with E-state index in [0.717, 1.165) is 6.07 Å². The maximum atomic E-state index is 13.0. The highest BCUT2D eigenvalue weighted by atomic mass is 32.2. The molecule has 0 aliphatic carbocycles. The number of hydrogen-bond donors (Lipinski definition) is 1. The molecule has 126 valence electrons. The highest BCUT2D eigenvalue weighted by Crippen LogP contribution is 2.28. The molecule has 2 rings (SSSR count). The average molecular weight is 355 g/mol. The number of rotatable bonds is 6. The molecule has 2 aromatic carbocycles. The van der Waals surface area contributed by atoms with Gasteiger partial charge in [-0.1, -0.05) is 30.0 Å². The van der Waals surface area contributed by atoms with Crippen LogP contribution in [0.3, 0.4) is 0 Å². The van der Waals surface area contributed by atoms with Crippen LogP contribution < -0.4 is 5.32 Å². The lowest BCUT2D eigenvalue weighted by atomic mass is 10.2. The van der Waals surface area contributed by atoms with Gasteiger partial charge in [0, 0.05) is 10.6 Å². The van der Waals surface area contributed by atoms with Crippen LogP contribution in [0.4, 0.5) is 18.9 Å². The number of halogens is 3. The first-order valence-electron chi connectivity index (χ1n) is 6.72. The van der Waals surface area contributed by atoms with E-state index in [1.54, 1.807) is 0 Å². The van der Waals surface area contributed by atoms with E-state index in [2.05, 4.69) is 5.32 Å². The largest absolute Gasteiger partial charge is 0.452 e. The highest BCUT2D eigenvalue weighted by Gasteiger charge is 2.17. The lowest BCUT2D eigenvalue weighted by Gasteiger charge is -2.09. The Kier molecular flexibility index (Phi) is 6.25. The number of thioether (sulfide) groups is 1. The van der Waals surface area contributed by atoms with Gasteiger partial charge in [-0.15, -0.1) is 0 Å². The molecule has 0 heterocycles. The SMILES string of the molecule is O=C(COC(=O)c1ccccc1SC(F)F)Nc1cccc(F)c1. The number of benzene rings is 2. The van der Waals surface area contributed by atoms with Crippen molar-refractivity contribution in [2.45, 2.75) is 10.7 Å². The summed E-state index contributed by atoms with van der Waals surface area (Å²) < 4.78 is 42.8. The van der Waals surface area contributed by atoms with Crippen LogP contribution in [0.1, 0.15) is 10.4 Å². The standard InChI is InChI=1S/C16H12F3NO3S/c17-10-4-3-5-11(8-10)20-14(21)9-23-15(22)12-6-1-2-7-13(12)24-16(18)19/h1-8,16H,9H2,(H,20,21). The first-order chi connectivity index (χ1) is 11.5. The predicted octanol–water partition coefficient (Wildman–Crippen LogP) is 3.94. The summed E-state index contributed by atoms with van der Waals surface area (Å²) in [4.78, 5) is 23.7.